The zero-order valence-electron chi connectivity index (χ0n) is 9.75. The molecule has 1 heterocycles. The predicted octanol–water partition coefficient (Wildman–Crippen LogP) is 4.69. The molecule has 2 aromatic rings. The molecule has 1 aromatic carbocycles. The summed E-state index contributed by atoms with van der Waals surface area (Å²) in [4.78, 5) is 0.215. The van der Waals surface area contributed by atoms with Gasteiger partial charge in [0.15, 0.2) is 0 Å². The molecule has 2 heteroatoms. The first kappa shape index (κ1) is 11.5. The minimum atomic E-state index is 0.215. The van der Waals surface area contributed by atoms with Crippen molar-refractivity contribution in [2.24, 2.45) is 0 Å². The van der Waals surface area contributed by atoms with Crippen LogP contribution < -0.4 is 0 Å². The Balaban J connectivity index is 2.48. The second-order valence-corrected chi connectivity index (χ2v) is 5.15. The molecule has 0 aliphatic carbocycles. The van der Waals surface area contributed by atoms with E-state index in [1.807, 2.05) is 6.07 Å². The molecule has 0 N–H and O–H groups in total. The van der Waals surface area contributed by atoms with E-state index in [1.165, 1.54) is 22.3 Å². The summed E-state index contributed by atoms with van der Waals surface area (Å²) in [5.41, 5.74) is 6.45. The van der Waals surface area contributed by atoms with Gasteiger partial charge in [-0.2, -0.15) is 0 Å². The molecular weight excluding hydrogens is 264 g/mol. The maximum absolute atomic E-state index is 5.13. The summed E-state index contributed by atoms with van der Waals surface area (Å²) in [6.07, 6.45) is 3.50. The van der Waals surface area contributed by atoms with E-state index >= 15 is 0 Å². The third-order valence-electron chi connectivity index (χ3n) is 2.83. The summed E-state index contributed by atoms with van der Waals surface area (Å²) in [5.74, 6) is 0. The molecule has 1 atom stereocenters. The predicted molar refractivity (Wildman–Crippen MR) is 70.1 cm³/mol. The fourth-order valence-corrected chi connectivity index (χ4v) is 3.16. The average molecular weight is 279 g/mol. The summed E-state index contributed by atoms with van der Waals surface area (Å²) in [6.45, 7) is 6.44. The van der Waals surface area contributed by atoms with Crippen LogP contribution in [0.4, 0.5) is 0 Å². The van der Waals surface area contributed by atoms with Gasteiger partial charge in [-0.05, 0) is 43.5 Å². The van der Waals surface area contributed by atoms with Crippen LogP contribution in [0.2, 0.25) is 0 Å². The maximum Gasteiger partial charge on any atom is 0.0949 e. The van der Waals surface area contributed by atoms with Crippen LogP contribution in [0, 0.1) is 20.8 Å². The number of hydrogen-bond acceptors (Lipinski definition) is 1. The summed E-state index contributed by atoms with van der Waals surface area (Å²) >= 11 is 3.74. The molecule has 0 bridgehead atoms. The molecule has 0 fully saturated rings. The van der Waals surface area contributed by atoms with E-state index in [1.54, 1.807) is 12.5 Å². The van der Waals surface area contributed by atoms with Crippen molar-refractivity contribution in [3.05, 3.63) is 58.5 Å². The summed E-state index contributed by atoms with van der Waals surface area (Å²) in [7, 11) is 0. The standard InChI is InChI=1S/C14H15BrO/c1-9-6-10(2)13(11(3)7-9)14(15)12-4-5-16-8-12/h4-8,14H,1-3H3. The van der Waals surface area contributed by atoms with Crippen molar-refractivity contribution in [2.75, 3.05) is 0 Å². The first-order valence-electron chi connectivity index (χ1n) is 5.33. The van der Waals surface area contributed by atoms with Crippen LogP contribution in [-0.4, -0.2) is 0 Å². The number of hydrogen-bond donors (Lipinski definition) is 0. The Bertz CT molecular complexity index is 462. The molecule has 1 unspecified atom stereocenters. The van der Waals surface area contributed by atoms with E-state index in [0.29, 0.717) is 0 Å². The molecule has 1 nitrogen and oxygen atoms in total. The number of benzene rings is 1. The first-order valence-corrected chi connectivity index (χ1v) is 6.25. The van der Waals surface area contributed by atoms with Gasteiger partial charge in [-0.25, -0.2) is 0 Å². The molecule has 0 spiro atoms. The molecule has 2 rings (SSSR count). The number of aryl methyl sites for hydroxylation is 3. The Labute approximate surface area is 105 Å². The second kappa shape index (κ2) is 4.46. The van der Waals surface area contributed by atoms with Gasteiger partial charge in [0, 0.05) is 5.56 Å². The summed E-state index contributed by atoms with van der Waals surface area (Å²) < 4.78 is 5.13. The molecule has 0 aliphatic rings. The Morgan fingerprint density at radius 3 is 2.25 bits per heavy atom. The normalized spacial score (nSPS) is 12.8. The largest absolute Gasteiger partial charge is 0.472 e. The number of furan rings is 1. The molecule has 16 heavy (non-hydrogen) atoms. The van der Waals surface area contributed by atoms with Crippen molar-refractivity contribution in [3.8, 4) is 0 Å². The number of rotatable bonds is 2. The molecule has 0 radical (unpaired) electrons. The molecular formula is C14H15BrO. The average Bonchev–Trinajstić information content (AvgIpc) is 2.67. The lowest BCUT2D eigenvalue weighted by molar-refractivity contribution is 0.564. The van der Waals surface area contributed by atoms with Crippen LogP contribution in [0.25, 0.3) is 0 Å². The van der Waals surface area contributed by atoms with E-state index in [9.17, 15) is 0 Å². The van der Waals surface area contributed by atoms with Gasteiger partial charge in [0.05, 0.1) is 17.4 Å². The van der Waals surface area contributed by atoms with Crippen LogP contribution in [0.5, 0.6) is 0 Å². The molecule has 1 aromatic heterocycles. The Kier molecular flexibility index (Phi) is 3.20. The zero-order chi connectivity index (χ0) is 11.7. The smallest absolute Gasteiger partial charge is 0.0949 e. The van der Waals surface area contributed by atoms with Crippen molar-refractivity contribution in [3.63, 3.8) is 0 Å². The van der Waals surface area contributed by atoms with E-state index < -0.39 is 0 Å². The molecule has 0 saturated carbocycles. The highest BCUT2D eigenvalue weighted by Crippen LogP contribution is 2.35. The van der Waals surface area contributed by atoms with Crippen LogP contribution in [0.3, 0.4) is 0 Å². The van der Waals surface area contributed by atoms with E-state index in [2.05, 4.69) is 48.8 Å². The van der Waals surface area contributed by atoms with Gasteiger partial charge in [0.2, 0.25) is 0 Å². The van der Waals surface area contributed by atoms with Crippen LogP contribution >= 0.6 is 15.9 Å². The Morgan fingerprint density at radius 1 is 1.12 bits per heavy atom. The lowest BCUT2D eigenvalue weighted by Gasteiger charge is -2.15. The van der Waals surface area contributed by atoms with Crippen molar-refractivity contribution in [2.45, 2.75) is 25.6 Å². The van der Waals surface area contributed by atoms with Gasteiger partial charge in [-0.3, -0.25) is 0 Å². The highest BCUT2D eigenvalue weighted by Gasteiger charge is 2.16. The highest BCUT2D eigenvalue weighted by atomic mass is 79.9. The molecule has 0 amide bonds. The van der Waals surface area contributed by atoms with Gasteiger partial charge >= 0.3 is 0 Å². The van der Waals surface area contributed by atoms with Crippen LogP contribution in [0.1, 0.15) is 32.6 Å². The Hall–Kier alpha value is -1.02. The van der Waals surface area contributed by atoms with Gasteiger partial charge in [0.25, 0.3) is 0 Å². The van der Waals surface area contributed by atoms with Crippen LogP contribution in [-0.2, 0) is 0 Å². The summed E-state index contributed by atoms with van der Waals surface area (Å²) in [5, 5.41) is 0. The SMILES string of the molecule is Cc1cc(C)c(C(Br)c2ccoc2)c(C)c1. The van der Waals surface area contributed by atoms with Crippen molar-refractivity contribution >= 4 is 15.9 Å². The molecule has 0 saturated heterocycles. The fourth-order valence-electron chi connectivity index (χ4n) is 2.18. The minimum Gasteiger partial charge on any atom is -0.472 e. The zero-order valence-corrected chi connectivity index (χ0v) is 11.3. The van der Waals surface area contributed by atoms with Crippen LogP contribution in [0.15, 0.2) is 35.1 Å². The topological polar surface area (TPSA) is 13.1 Å². The summed E-state index contributed by atoms with van der Waals surface area (Å²) in [6, 6.07) is 6.44. The lowest BCUT2D eigenvalue weighted by atomic mass is 9.95. The third-order valence-corrected chi connectivity index (χ3v) is 3.81. The third kappa shape index (κ3) is 2.07. The maximum atomic E-state index is 5.13. The monoisotopic (exact) mass is 278 g/mol. The van der Waals surface area contributed by atoms with Crippen molar-refractivity contribution in [1.82, 2.24) is 0 Å². The van der Waals surface area contributed by atoms with Crippen molar-refractivity contribution < 1.29 is 4.42 Å². The van der Waals surface area contributed by atoms with E-state index in [0.717, 1.165) is 5.56 Å². The van der Waals surface area contributed by atoms with Gasteiger partial charge in [-0.1, -0.05) is 33.6 Å². The lowest BCUT2D eigenvalue weighted by Crippen LogP contribution is -1.98. The first-order chi connectivity index (χ1) is 7.59. The quantitative estimate of drug-likeness (QED) is 0.727. The minimum absolute atomic E-state index is 0.215. The van der Waals surface area contributed by atoms with Crippen molar-refractivity contribution in [1.29, 1.82) is 0 Å². The molecule has 84 valence electrons. The Morgan fingerprint density at radius 2 is 1.75 bits per heavy atom. The van der Waals surface area contributed by atoms with Gasteiger partial charge in [-0.15, -0.1) is 0 Å². The number of halogens is 1. The fraction of sp³-hybridized carbons (Fsp3) is 0.286. The van der Waals surface area contributed by atoms with Gasteiger partial charge in [0.1, 0.15) is 0 Å². The van der Waals surface area contributed by atoms with E-state index in [-0.39, 0.29) is 4.83 Å². The van der Waals surface area contributed by atoms with E-state index in [4.69, 9.17) is 4.42 Å². The highest BCUT2D eigenvalue weighted by molar-refractivity contribution is 9.09. The molecule has 0 aliphatic heterocycles. The second-order valence-electron chi connectivity index (χ2n) is 4.23. The number of alkyl halides is 1. The van der Waals surface area contributed by atoms with Gasteiger partial charge < -0.3 is 4.42 Å².